The maximum atomic E-state index is 12.6. The highest BCUT2D eigenvalue weighted by Gasteiger charge is 2.16. The summed E-state index contributed by atoms with van der Waals surface area (Å²) in [4.78, 5) is 22.0. The lowest BCUT2D eigenvalue weighted by Gasteiger charge is -2.32. The molecule has 0 bridgehead atoms. The van der Waals surface area contributed by atoms with E-state index in [1.165, 1.54) is 5.56 Å². The van der Waals surface area contributed by atoms with Gasteiger partial charge in [-0.05, 0) is 73.5 Å². The molecule has 6 nitrogen and oxygen atoms in total. The van der Waals surface area contributed by atoms with Gasteiger partial charge in [0.2, 0.25) is 0 Å². The fourth-order valence-corrected chi connectivity index (χ4v) is 5.30. The van der Waals surface area contributed by atoms with Crippen molar-refractivity contribution in [1.29, 1.82) is 0 Å². The van der Waals surface area contributed by atoms with E-state index < -0.39 is 0 Å². The molecule has 1 aromatic heterocycles. The number of aromatic hydroxyl groups is 1. The SMILES string of the molecule is CC(=O)c1cnc2ccc(-c3cc(Cl)c(O)c(Cl)c3)cc2c1Nc1cccc(CCN2CCN(C)CC2)c1. The number of carbonyl (C=O) groups is 1. The van der Waals surface area contributed by atoms with Crippen molar-refractivity contribution in [2.75, 3.05) is 45.1 Å². The molecule has 1 saturated heterocycles. The summed E-state index contributed by atoms with van der Waals surface area (Å²) in [7, 11) is 2.17. The van der Waals surface area contributed by atoms with Gasteiger partial charge in [-0.25, -0.2) is 0 Å². The monoisotopic (exact) mass is 548 g/mol. The summed E-state index contributed by atoms with van der Waals surface area (Å²) < 4.78 is 0. The number of aromatic nitrogens is 1. The summed E-state index contributed by atoms with van der Waals surface area (Å²) in [5.41, 5.74) is 5.72. The highest BCUT2D eigenvalue weighted by molar-refractivity contribution is 6.37. The van der Waals surface area contributed by atoms with E-state index in [9.17, 15) is 9.90 Å². The third-order valence-corrected chi connectivity index (χ3v) is 7.68. The number of nitrogens with one attached hydrogen (secondary N) is 1. The minimum atomic E-state index is -0.145. The number of hydrogen-bond acceptors (Lipinski definition) is 6. The van der Waals surface area contributed by atoms with E-state index in [0.717, 1.165) is 66.9 Å². The molecule has 1 aliphatic heterocycles. The van der Waals surface area contributed by atoms with Crippen LogP contribution in [-0.2, 0) is 6.42 Å². The third-order valence-electron chi connectivity index (χ3n) is 7.11. The number of pyridine rings is 1. The van der Waals surface area contributed by atoms with Crippen LogP contribution in [0.1, 0.15) is 22.8 Å². The Morgan fingerprint density at radius 1 is 1.00 bits per heavy atom. The number of phenolic OH excluding ortho intramolecular Hbond substituents is 1. The number of nitrogens with zero attached hydrogens (tertiary/aromatic N) is 3. The zero-order chi connectivity index (χ0) is 26.8. The van der Waals surface area contributed by atoms with E-state index in [2.05, 4.69) is 39.3 Å². The molecule has 0 radical (unpaired) electrons. The predicted octanol–water partition coefficient (Wildman–Crippen LogP) is 6.65. The van der Waals surface area contributed by atoms with Gasteiger partial charge >= 0.3 is 0 Å². The number of phenols is 1. The second-order valence-electron chi connectivity index (χ2n) is 9.84. The van der Waals surface area contributed by atoms with Gasteiger partial charge < -0.3 is 20.2 Å². The zero-order valence-corrected chi connectivity index (χ0v) is 23.0. The maximum Gasteiger partial charge on any atom is 0.163 e. The van der Waals surface area contributed by atoms with Crippen LogP contribution in [0.25, 0.3) is 22.0 Å². The molecule has 38 heavy (non-hydrogen) atoms. The molecule has 5 rings (SSSR count). The van der Waals surface area contributed by atoms with Crippen molar-refractivity contribution in [3.05, 3.63) is 82.0 Å². The quantitative estimate of drug-likeness (QED) is 0.252. The molecule has 3 aromatic carbocycles. The molecule has 2 N–H and O–H groups in total. The fourth-order valence-electron chi connectivity index (χ4n) is 4.81. The number of anilines is 2. The first-order valence-electron chi connectivity index (χ1n) is 12.7. The van der Waals surface area contributed by atoms with Crippen LogP contribution in [0.4, 0.5) is 11.4 Å². The summed E-state index contributed by atoms with van der Waals surface area (Å²) in [6.45, 7) is 6.97. The van der Waals surface area contributed by atoms with Crippen LogP contribution in [0.5, 0.6) is 5.75 Å². The van der Waals surface area contributed by atoms with Crippen LogP contribution in [0.2, 0.25) is 10.0 Å². The number of benzene rings is 3. The minimum absolute atomic E-state index is 0.0748. The van der Waals surface area contributed by atoms with Crippen LogP contribution in [0, 0.1) is 0 Å². The normalized spacial score (nSPS) is 14.6. The lowest BCUT2D eigenvalue weighted by atomic mass is 10.00. The Morgan fingerprint density at radius 3 is 2.45 bits per heavy atom. The minimum Gasteiger partial charge on any atom is -0.505 e. The van der Waals surface area contributed by atoms with Crippen molar-refractivity contribution in [2.24, 2.45) is 0 Å². The van der Waals surface area contributed by atoms with E-state index in [1.807, 2.05) is 30.3 Å². The molecule has 0 saturated carbocycles. The number of Topliss-reactive ketones (excluding diaryl/α,β-unsaturated/α-hetero) is 1. The third kappa shape index (κ3) is 5.79. The van der Waals surface area contributed by atoms with Crippen LogP contribution in [0.3, 0.4) is 0 Å². The van der Waals surface area contributed by atoms with Crippen molar-refractivity contribution in [2.45, 2.75) is 13.3 Å². The van der Waals surface area contributed by atoms with Gasteiger partial charge in [0.25, 0.3) is 0 Å². The molecule has 0 spiro atoms. The van der Waals surface area contributed by atoms with E-state index >= 15 is 0 Å². The van der Waals surface area contributed by atoms with E-state index in [4.69, 9.17) is 23.2 Å². The average molecular weight is 550 g/mol. The van der Waals surface area contributed by atoms with Gasteiger partial charge in [0.1, 0.15) is 0 Å². The number of likely N-dealkylation sites (N-methyl/N-ethyl adjacent to an activating group) is 1. The lowest BCUT2D eigenvalue weighted by Crippen LogP contribution is -2.45. The number of carbonyl (C=O) groups excluding carboxylic acids is 1. The lowest BCUT2D eigenvalue weighted by molar-refractivity contribution is 0.101. The molecule has 0 amide bonds. The largest absolute Gasteiger partial charge is 0.505 e. The molecular formula is C30H30Cl2N4O2. The molecule has 4 aromatic rings. The number of fused-ring (bicyclic) bond motifs is 1. The van der Waals surface area contributed by atoms with Crippen molar-refractivity contribution < 1.29 is 9.90 Å². The first kappa shape index (κ1) is 26.4. The second kappa shape index (κ2) is 11.3. The molecule has 8 heteroatoms. The van der Waals surface area contributed by atoms with E-state index in [0.29, 0.717) is 11.3 Å². The van der Waals surface area contributed by atoms with Crippen molar-refractivity contribution >= 4 is 51.3 Å². The van der Waals surface area contributed by atoms with Gasteiger partial charge in [0, 0.05) is 50.0 Å². The number of piperazine rings is 1. The molecule has 196 valence electrons. The van der Waals surface area contributed by atoms with Crippen molar-refractivity contribution in [3.63, 3.8) is 0 Å². The highest BCUT2D eigenvalue weighted by Crippen LogP contribution is 2.38. The standard InChI is InChI=1S/C30H30Cl2N4O2/c1-19(37)25-18-33-28-7-6-21(22-16-26(31)30(38)27(32)17-22)15-24(28)29(25)34-23-5-3-4-20(14-23)8-9-36-12-10-35(2)11-13-36/h3-7,14-18,38H,8-13H2,1-2H3,(H,33,34). The van der Waals surface area contributed by atoms with Gasteiger partial charge in [-0.15, -0.1) is 0 Å². The Hall–Kier alpha value is -3.16. The second-order valence-corrected chi connectivity index (χ2v) is 10.7. The molecule has 1 fully saturated rings. The zero-order valence-electron chi connectivity index (χ0n) is 21.5. The summed E-state index contributed by atoms with van der Waals surface area (Å²) in [6, 6.07) is 17.5. The Labute approximate surface area is 232 Å². The van der Waals surface area contributed by atoms with E-state index in [-0.39, 0.29) is 21.6 Å². The summed E-state index contributed by atoms with van der Waals surface area (Å²) in [6.07, 6.45) is 2.58. The maximum absolute atomic E-state index is 12.6. The van der Waals surface area contributed by atoms with Crippen LogP contribution < -0.4 is 5.32 Å². The number of ketones is 1. The summed E-state index contributed by atoms with van der Waals surface area (Å²) >= 11 is 12.4. The van der Waals surface area contributed by atoms with Gasteiger partial charge in [0.05, 0.1) is 26.8 Å². The van der Waals surface area contributed by atoms with Crippen LogP contribution in [-0.4, -0.2) is 65.4 Å². The van der Waals surface area contributed by atoms with Gasteiger partial charge in [-0.1, -0.05) is 41.4 Å². The number of rotatable bonds is 7. The molecule has 0 unspecified atom stereocenters. The fraction of sp³-hybridized carbons (Fsp3) is 0.267. The predicted molar refractivity (Wildman–Crippen MR) is 156 cm³/mol. The molecule has 2 heterocycles. The first-order valence-corrected chi connectivity index (χ1v) is 13.4. The number of halogens is 2. The Kier molecular flexibility index (Phi) is 7.86. The van der Waals surface area contributed by atoms with Crippen molar-refractivity contribution in [1.82, 2.24) is 14.8 Å². The van der Waals surface area contributed by atoms with Gasteiger partial charge in [-0.3, -0.25) is 9.78 Å². The Bertz CT molecular complexity index is 1480. The molecular weight excluding hydrogens is 519 g/mol. The Morgan fingerprint density at radius 2 is 1.74 bits per heavy atom. The molecule has 1 aliphatic rings. The Balaban J connectivity index is 1.47. The molecule has 0 aliphatic carbocycles. The van der Waals surface area contributed by atoms with Crippen molar-refractivity contribution in [3.8, 4) is 16.9 Å². The van der Waals surface area contributed by atoms with Gasteiger partial charge in [-0.2, -0.15) is 0 Å². The summed E-state index contributed by atoms with van der Waals surface area (Å²) in [5.74, 6) is -0.220. The first-order chi connectivity index (χ1) is 18.3. The molecule has 0 atom stereocenters. The van der Waals surface area contributed by atoms with Gasteiger partial charge in [0.15, 0.2) is 11.5 Å². The smallest absolute Gasteiger partial charge is 0.163 e. The number of hydrogen-bond donors (Lipinski definition) is 2. The summed E-state index contributed by atoms with van der Waals surface area (Å²) in [5, 5.41) is 14.6. The van der Waals surface area contributed by atoms with Crippen LogP contribution in [0.15, 0.2) is 60.8 Å². The highest BCUT2D eigenvalue weighted by atomic mass is 35.5. The van der Waals surface area contributed by atoms with E-state index in [1.54, 1.807) is 25.3 Å². The van der Waals surface area contributed by atoms with Crippen LogP contribution >= 0.6 is 23.2 Å². The topological polar surface area (TPSA) is 68.7 Å². The average Bonchev–Trinajstić information content (AvgIpc) is 2.91.